The van der Waals surface area contributed by atoms with Crippen LogP contribution in [0.2, 0.25) is 0 Å². The number of ether oxygens (including phenoxy) is 1. The van der Waals surface area contributed by atoms with Gasteiger partial charge in [-0.3, -0.25) is 9.59 Å². The second-order valence-electron chi connectivity index (χ2n) is 7.08. The van der Waals surface area contributed by atoms with Gasteiger partial charge in [0, 0.05) is 13.1 Å². The molecule has 8 heteroatoms. The molecule has 28 heavy (non-hydrogen) atoms. The van der Waals surface area contributed by atoms with E-state index in [2.05, 4.69) is 11.6 Å². The van der Waals surface area contributed by atoms with Crippen molar-refractivity contribution in [3.05, 3.63) is 42.5 Å². The number of rotatable bonds is 6. The zero-order valence-electron chi connectivity index (χ0n) is 15.8. The smallest absolute Gasteiger partial charge is 0.321 e. The molecule has 1 saturated heterocycles. The van der Waals surface area contributed by atoms with E-state index in [4.69, 9.17) is 4.74 Å². The van der Waals surface area contributed by atoms with Gasteiger partial charge in [0.1, 0.15) is 6.54 Å². The highest BCUT2D eigenvalue weighted by atomic mass is 32.2. The predicted molar refractivity (Wildman–Crippen MR) is 105 cm³/mol. The molecule has 1 N–H and O–H groups in total. The molecular weight excluding hydrogens is 380 g/mol. The first-order valence-electron chi connectivity index (χ1n) is 9.27. The average molecular weight is 404 g/mol. The Balaban J connectivity index is 1.52. The van der Waals surface area contributed by atoms with Crippen molar-refractivity contribution in [2.75, 3.05) is 26.2 Å². The van der Waals surface area contributed by atoms with E-state index >= 15 is 0 Å². The zero-order valence-corrected chi connectivity index (χ0v) is 16.6. The molecular formula is C20H24N2O5S. The predicted octanol–water partition coefficient (Wildman–Crippen LogP) is 1.92. The number of hydrogen-bond acceptors (Lipinski definition) is 5. The second kappa shape index (κ2) is 8.70. The van der Waals surface area contributed by atoms with E-state index in [9.17, 15) is 18.0 Å². The van der Waals surface area contributed by atoms with Crippen LogP contribution in [-0.2, 0) is 24.3 Å². The fraction of sp³-hybridized carbons (Fsp3) is 0.400. The summed E-state index contributed by atoms with van der Waals surface area (Å²) < 4.78 is 32.0. The fourth-order valence-corrected chi connectivity index (χ4v) is 4.28. The van der Waals surface area contributed by atoms with Gasteiger partial charge in [0.15, 0.2) is 6.61 Å². The van der Waals surface area contributed by atoms with Crippen LogP contribution >= 0.6 is 0 Å². The van der Waals surface area contributed by atoms with E-state index in [1.165, 1.54) is 6.07 Å². The number of piperidine rings is 1. The summed E-state index contributed by atoms with van der Waals surface area (Å²) in [6.07, 6.45) is 2.02. The zero-order chi connectivity index (χ0) is 20.1. The van der Waals surface area contributed by atoms with Gasteiger partial charge < -0.3 is 9.64 Å². The molecule has 0 saturated carbocycles. The number of sulfonamides is 1. The minimum atomic E-state index is -3.86. The highest BCUT2D eigenvalue weighted by molar-refractivity contribution is 7.89. The van der Waals surface area contributed by atoms with Crippen LogP contribution in [0.5, 0.6) is 0 Å². The molecule has 3 rings (SSSR count). The topological polar surface area (TPSA) is 92.8 Å². The third-order valence-corrected chi connectivity index (χ3v) is 6.20. The van der Waals surface area contributed by atoms with Crippen molar-refractivity contribution in [1.29, 1.82) is 0 Å². The molecule has 0 bridgehead atoms. The number of fused-ring (bicyclic) bond motifs is 1. The lowest BCUT2D eigenvalue weighted by molar-refractivity contribution is -0.151. The number of carbonyl (C=O) groups is 2. The monoisotopic (exact) mass is 404 g/mol. The van der Waals surface area contributed by atoms with Crippen molar-refractivity contribution in [2.24, 2.45) is 5.92 Å². The van der Waals surface area contributed by atoms with Gasteiger partial charge in [-0.25, -0.2) is 8.42 Å². The number of nitrogens with one attached hydrogen (secondary N) is 1. The summed E-state index contributed by atoms with van der Waals surface area (Å²) >= 11 is 0. The third-order valence-electron chi connectivity index (χ3n) is 4.80. The summed E-state index contributed by atoms with van der Waals surface area (Å²) in [5.41, 5.74) is 0. The van der Waals surface area contributed by atoms with Crippen LogP contribution in [0.1, 0.15) is 19.8 Å². The molecule has 0 aromatic heterocycles. The van der Waals surface area contributed by atoms with Crippen LogP contribution < -0.4 is 4.72 Å². The maximum absolute atomic E-state index is 12.4. The largest absolute Gasteiger partial charge is 0.455 e. The molecule has 0 radical (unpaired) electrons. The van der Waals surface area contributed by atoms with Gasteiger partial charge in [0.25, 0.3) is 5.91 Å². The van der Waals surface area contributed by atoms with Crippen LogP contribution in [0.3, 0.4) is 0 Å². The first kappa shape index (κ1) is 20.3. The van der Waals surface area contributed by atoms with Crippen LogP contribution in [0, 0.1) is 5.92 Å². The van der Waals surface area contributed by atoms with E-state index in [0.29, 0.717) is 19.0 Å². The molecule has 1 aliphatic rings. The van der Waals surface area contributed by atoms with E-state index in [1.54, 1.807) is 17.0 Å². The number of nitrogens with zero attached hydrogens (tertiary/aromatic N) is 1. The highest BCUT2D eigenvalue weighted by Gasteiger charge is 2.22. The van der Waals surface area contributed by atoms with E-state index in [-0.39, 0.29) is 17.4 Å². The molecule has 1 amide bonds. The van der Waals surface area contributed by atoms with E-state index < -0.39 is 22.5 Å². The maximum atomic E-state index is 12.4. The summed E-state index contributed by atoms with van der Waals surface area (Å²) in [5.74, 6) is -0.609. The lowest BCUT2D eigenvalue weighted by Gasteiger charge is -2.30. The Hall–Kier alpha value is -2.45. The number of benzene rings is 2. The Morgan fingerprint density at radius 1 is 1.18 bits per heavy atom. The summed E-state index contributed by atoms with van der Waals surface area (Å²) in [6.45, 7) is 2.50. The number of esters is 1. The van der Waals surface area contributed by atoms with Crippen LogP contribution in [0.25, 0.3) is 10.8 Å². The minimum Gasteiger partial charge on any atom is -0.455 e. The molecule has 1 heterocycles. The van der Waals surface area contributed by atoms with Crippen LogP contribution in [0.4, 0.5) is 0 Å². The molecule has 2 aromatic rings. The molecule has 150 valence electrons. The van der Waals surface area contributed by atoms with Gasteiger partial charge in [-0.05, 0) is 41.7 Å². The van der Waals surface area contributed by atoms with Gasteiger partial charge in [-0.2, -0.15) is 4.72 Å². The Bertz CT molecular complexity index is 973. The Morgan fingerprint density at radius 3 is 2.68 bits per heavy atom. The highest BCUT2D eigenvalue weighted by Crippen LogP contribution is 2.19. The lowest BCUT2D eigenvalue weighted by atomic mass is 10.0. The van der Waals surface area contributed by atoms with Crippen molar-refractivity contribution in [2.45, 2.75) is 24.7 Å². The van der Waals surface area contributed by atoms with Crippen molar-refractivity contribution >= 4 is 32.7 Å². The Morgan fingerprint density at radius 2 is 1.93 bits per heavy atom. The Labute approximate surface area is 164 Å². The summed E-state index contributed by atoms with van der Waals surface area (Å²) in [4.78, 5) is 25.7. The quantitative estimate of drug-likeness (QED) is 0.743. The average Bonchev–Trinajstić information content (AvgIpc) is 2.70. The Kier molecular flexibility index (Phi) is 6.31. The van der Waals surface area contributed by atoms with E-state index in [0.717, 1.165) is 23.6 Å². The van der Waals surface area contributed by atoms with Crippen molar-refractivity contribution in [3.8, 4) is 0 Å². The number of hydrogen-bond donors (Lipinski definition) is 1. The van der Waals surface area contributed by atoms with E-state index in [1.807, 2.05) is 24.3 Å². The minimum absolute atomic E-state index is 0.0670. The molecule has 2 aromatic carbocycles. The summed E-state index contributed by atoms with van der Waals surface area (Å²) in [6, 6.07) is 12.1. The van der Waals surface area contributed by atoms with Gasteiger partial charge in [-0.15, -0.1) is 0 Å². The number of amides is 1. The molecule has 0 spiro atoms. The first-order chi connectivity index (χ1) is 13.3. The van der Waals surface area contributed by atoms with Crippen LogP contribution in [0.15, 0.2) is 47.4 Å². The number of likely N-dealkylation sites (tertiary alicyclic amines) is 1. The van der Waals surface area contributed by atoms with Crippen molar-refractivity contribution in [3.63, 3.8) is 0 Å². The third kappa shape index (κ3) is 5.08. The normalized spacial score (nSPS) is 17.5. The maximum Gasteiger partial charge on any atom is 0.321 e. The summed E-state index contributed by atoms with van der Waals surface area (Å²) in [7, 11) is -3.86. The summed E-state index contributed by atoms with van der Waals surface area (Å²) in [5, 5.41) is 1.71. The molecule has 0 unspecified atom stereocenters. The van der Waals surface area contributed by atoms with Crippen molar-refractivity contribution in [1.82, 2.24) is 9.62 Å². The fourth-order valence-electron chi connectivity index (χ4n) is 3.27. The molecule has 0 aliphatic carbocycles. The second-order valence-corrected chi connectivity index (χ2v) is 8.85. The van der Waals surface area contributed by atoms with Gasteiger partial charge in [0.2, 0.25) is 10.0 Å². The lowest BCUT2D eigenvalue weighted by Crippen LogP contribution is -2.42. The SMILES string of the molecule is C[C@@H]1CCCN(C(=O)COC(=O)CNS(=O)(=O)c2ccc3ccccc3c2)C1. The molecule has 7 nitrogen and oxygen atoms in total. The van der Waals surface area contributed by atoms with Gasteiger partial charge >= 0.3 is 5.97 Å². The van der Waals surface area contributed by atoms with Crippen molar-refractivity contribution < 1.29 is 22.7 Å². The van der Waals surface area contributed by atoms with Gasteiger partial charge in [-0.1, -0.05) is 37.3 Å². The molecule has 1 aliphatic heterocycles. The first-order valence-corrected chi connectivity index (χ1v) is 10.8. The molecule has 1 atom stereocenters. The standard InChI is InChI=1S/C20H24N2O5S/c1-15-5-4-10-22(13-15)19(23)14-27-20(24)12-21-28(25,26)18-9-8-16-6-2-3-7-17(16)11-18/h2-3,6-9,11,15,21H,4-5,10,12-14H2,1H3/t15-/m1/s1. The van der Waals surface area contributed by atoms with Gasteiger partial charge in [0.05, 0.1) is 4.90 Å². The molecule has 1 fully saturated rings. The number of carbonyl (C=O) groups excluding carboxylic acids is 2. The van der Waals surface area contributed by atoms with Crippen LogP contribution in [-0.4, -0.2) is 51.4 Å².